The number of amides is 1. The predicted octanol–water partition coefficient (Wildman–Crippen LogP) is 5.01. The Kier molecular flexibility index (Phi) is 5.45. The quantitative estimate of drug-likeness (QED) is 0.363. The van der Waals surface area contributed by atoms with Gasteiger partial charge in [0.15, 0.2) is 16.9 Å². The fraction of sp³-hybridized carbons (Fsp3) is 0.185. The van der Waals surface area contributed by atoms with Gasteiger partial charge in [-0.1, -0.05) is 30.4 Å². The molecule has 4 aromatic rings. The van der Waals surface area contributed by atoms with Crippen LogP contribution in [0.1, 0.15) is 39.0 Å². The van der Waals surface area contributed by atoms with E-state index >= 15 is 0 Å². The molecule has 2 aromatic heterocycles. The third kappa shape index (κ3) is 3.55. The molecule has 3 heterocycles. The minimum absolute atomic E-state index is 0.0452. The summed E-state index contributed by atoms with van der Waals surface area (Å²) in [6.07, 6.45) is 3.19. The smallest absolute Gasteiger partial charge is 0.291 e. The summed E-state index contributed by atoms with van der Waals surface area (Å²) in [6, 6.07) is 13.6. The molecule has 0 bridgehead atoms. The number of nitrogens with zero attached hydrogens (tertiary/aromatic N) is 1. The number of methoxy groups -OCH3 is 1. The number of benzene rings is 2. The first kappa shape index (κ1) is 21.6. The molecule has 1 unspecified atom stereocenters. The first-order chi connectivity index (χ1) is 16.5. The molecular weight excluding hydrogens is 434 g/mol. The Balaban J connectivity index is 1.70. The number of ether oxygens (including phenoxy) is 2. The van der Waals surface area contributed by atoms with Crippen LogP contribution < -0.4 is 14.9 Å². The summed E-state index contributed by atoms with van der Waals surface area (Å²) >= 11 is 0. The Morgan fingerprint density at radius 1 is 1.12 bits per heavy atom. The van der Waals surface area contributed by atoms with Crippen LogP contribution in [0.2, 0.25) is 0 Å². The van der Waals surface area contributed by atoms with Gasteiger partial charge in [-0.15, -0.1) is 0 Å². The minimum Gasteiger partial charge on any atom is -0.493 e. The normalized spacial score (nSPS) is 14.9. The van der Waals surface area contributed by atoms with Gasteiger partial charge in [0.25, 0.3) is 5.91 Å². The fourth-order valence-corrected chi connectivity index (χ4v) is 4.34. The van der Waals surface area contributed by atoms with Gasteiger partial charge < -0.3 is 23.2 Å². The van der Waals surface area contributed by atoms with Crippen LogP contribution in [0, 0.1) is 6.92 Å². The van der Waals surface area contributed by atoms with E-state index in [4.69, 9.17) is 18.3 Å². The lowest BCUT2D eigenvalue weighted by atomic mass is 9.97. The van der Waals surface area contributed by atoms with E-state index in [1.54, 1.807) is 60.7 Å². The number of hydrogen-bond donors (Lipinski definition) is 0. The summed E-state index contributed by atoms with van der Waals surface area (Å²) < 4.78 is 22.7. The van der Waals surface area contributed by atoms with Crippen LogP contribution in [0.15, 0.2) is 81.1 Å². The zero-order valence-electron chi connectivity index (χ0n) is 18.9. The average Bonchev–Trinajstić information content (AvgIpc) is 3.45. The van der Waals surface area contributed by atoms with Crippen LogP contribution in [0.4, 0.5) is 0 Å². The zero-order chi connectivity index (χ0) is 23.8. The first-order valence-corrected chi connectivity index (χ1v) is 10.8. The topological polar surface area (TPSA) is 82.1 Å². The lowest BCUT2D eigenvalue weighted by Gasteiger charge is -2.25. The van der Waals surface area contributed by atoms with Crippen molar-refractivity contribution in [3.63, 3.8) is 0 Å². The summed E-state index contributed by atoms with van der Waals surface area (Å²) in [5, 5.41) is 0.439. The van der Waals surface area contributed by atoms with E-state index in [-0.39, 0.29) is 23.6 Å². The minimum atomic E-state index is -0.684. The van der Waals surface area contributed by atoms with Gasteiger partial charge in [0.05, 0.1) is 36.9 Å². The highest BCUT2D eigenvalue weighted by molar-refractivity contribution is 5.99. The molecule has 0 saturated carbocycles. The fourth-order valence-electron chi connectivity index (χ4n) is 4.34. The molecule has 172 valence electrons. The van der Waals surface area contributed by atoms with Crippen molar-refractivity contribution in [3.8, 4) is 11.5 Å². The van der Waals surface area contributed by atoms with Crippen LogP contribution in [0.25, 0.3) is 11.0 Å². The first-order valence-electron chi connectivity index (χ1n) is 10.8. The van der Waals surface area contributed by atoms with Crippen LogP contribution in [0.5, 0.6) is 11.5 Å². The van der Waals surface area contributed by atoms with Crippen molar-refractivity contribution >= 4 is 16.9 Å². The Morgan fingerprint density at radius 2 is 1.97 bits per heavy atom. The summed E-state index contributed by atoms with van der Waals surface area (Å²) in [6.45, 7) is 6.07. The molecule has 0 radical (unpaired) electrons. The van der Waals surface area contributed by atoms with Gasteiger partial charge in [-0.3, -0.25) is 9.59 Å². The van der Waals surface area contributed by atoms with E-state index in [0.29, 0.717) is 46.0 Å². The largest absolute Gasteiger partial charge is 0.493 e. The molecule has 1 atom stereocenters. The zero-order valence-corrected chi connectivity index (χ0v) is 18.9. The van der Waals surface area contributed by atoms with Gasteiger partial charge in [0.2, 0.25) is 5.76 Å². The Bertz CT molecular complexity index is 1450. The van der Waals surface area contributed by atoms with E-state index < -0.39 is 6.04 Å². The van der Waals surface area contributed by atoms with Crippen molar-refractivity contribution < 1.29 is 23.1 Å². The van der Waals surface area contributed by atoms with Gasteiger partial charge in [0.1, 0.15) is 18.0 Å². The second-order valence-electron chi connectivity index (χ2n) is 8.10. The summed E-state index contributed by atoms with van der Waals surface area (Å²) in [5.74, 6) is 1.29. The molecule has 1 aliphatic rings. The predicted molar refractivity (Wildman–Crippen MR) is 126 cm³/mol. The van der Waals surface area contributed by atoms with E-state index in [9.17, 15) is 9.59 Å². The molecule has 1 amide bonds. The van der Waals surface area contributed by atoms with E-state index in [1.807, 2.05) is 19.1 Å². The summed E-state index contributed by atoms with van der Waals surface area (Å²) in [4.78, 5) is 28.8. The molecule has 34 heavy (non-hydrogen) atoms. The van der Waals surface area contributed by atoms with E-state index in [1.165, 1.54) is 0 Å². The van der Waals surface area contributed by atoms with Gasteiger partial charge in [-0.05, 0) is 48.9 Å². The van der Waals surface area contributed by atoms with Gasteiger partial charge in [-0.2, -0.15) is 0 Å². The number of carbonyl (C=O) groups excluding carboxylic acids is 1. The van der Waals surface area contributed by atoms with Gasteiger partial charge >= 0.3 is 0 Å². The third-order valence-electron chi connectivity index (χ3n) is 5.89. The highest BCUT2D eigenvalue weighted by Gasteiger charge is 2.43. The van der Waals surface area contributed by atoms with Crippen molar-refractivity contribution in [1.82, 2.24) is 4.90 Å². The van der Waals surface area contributed by atoms with Crippen molar-refractivity contribution in [1.29, 1.82) is 0 Å². The van der Waals surface area contributed by atoms with Gasteiger partial charge in [-0.25, -0.2) is 0 Å². The number of carbonyl (C=O) groups is 1. The third-order valence-corrected chi connectivity index (χ3v) is 5.89. The van der Waals surface area contributed by atoms with Crippen LogP contribution in [-0.2, 0) is 6.54 Å². The molecule has 0 spiro atoms. The average molecular weight is 457 g/mol. The molecule has 0 N–H and O–H groups in total. The lowest BCUT2D eigenvalue weighted by molar-refractivity contribution is 0.0701. The highest BCUT2D eigenvalue weighted by Crippen LogP contribution is 2.41. The maximum atomic E-state index is 13.7. The second-order valence-corrected chi connectivity index (χ2v) is 8.10. The maximum Gasteiger partial charge on any atom is 0.291 e. The lowest BCUT2D eigenvalue weighted by Crippen LogP contribution is -2.29. The molecule has 0 aliphatic carbocycles. The SMILES string of the molecule is C=CCOc1ccc(C2c3c(oc4ccc(C)cc4c3=O)C(=O)N2Cc2ccco2)cc1OC. The van der Waals surface area contributed by atoms with Crippen LogP contribution >= 0.6 is 0 Å². The van der Waals surface area contributed by atoms with Crippen LogP contribution in [-0.4, -0.2) is 24.5 Å². The summed E-state index contributed by atoms with van der Waals surface area (Å²) in [5.41, 5.74) is 2.08. The molecule has 7 heteroatoms. The van der Waals surface area contributed by atoms with E-state index in [2.05, 4.69) is 6.58 Å². The van der Waals surface area contributed by atoms with Crippen molar-refractivity contribution in [2.24, 2.45) is 0 Å². The number of hydrogen-bond acceptors (Lipinski definition) is 6. The molecule has 2 aromatic carbocycles. The Hall–Kier alpha value is -4.26. The molecule has 0 fully saturated rings. The van der Waals surface area contributed by atoms with E-state index in [0.717, 1.165) is 5.56 Å². The van der Waals surface area contributed by atoms with Gasteiger partial charge in [0, 0.05) is 0 Å². The number of aryl methyl sites for hydroxylation is 1. The maximum absolute atomic E-state index is 13.7. The molecule has 5 rings (SSSR count). The Labute approximate surface area is 195 Å². The standard InChI is InChI=1S/C27H23NO6/c1-4-11-33-21-10-8-17(14-22(21)31-3)24-23-25(29)19-13-16(2)7-9-20(19)34-26(23)27(30)28(24)15-18-6-5-12-32-18/h4-10,12-14,24H,1,11,15H2,2-3H3. The number of fused-ring (bicyclic) bond motifs is 2. The number of furan rings is 1. The molecule has 1 aliphatic heterocycles. The second kappa shape index (κ2) is 8.59. The monoisotopic (exact) mass is 457 g/mol. The highest BCUT2D eigenvalue weighted by atomic mass is 16.5. The number of rotatable bonds is 7. The van der Waals surface area contributed by atoms with Crippen LogP contribution in [0.3, 0.4) is 0 Å². The summed E-state index contributed by atoms with van der Waals surface area (Å²) in [7, 11) is 1.54. The molecule has 7 nitrogen and oxygen atoms in total. The van der Waals surface area contributed by atoms with Crippen molar-refractivity contribution in [2.45, 2.75) is 19.5 Å². The molecule has 0 saturated heterocycles. The van der Waals surface area contributed by atoms with Crippen molar-refractivity contribution in [2.75, 3.05) is 13.7 Å². The van der Waals surface area contributed by atoms with Crippen molar-refractivity contribution in [3.05, 3.63) is 106 Å². The molecular formula is C27H23NO6. The Morgan fingerprint density at radius 3 is 2.71 bits per heavy atom.